The molecule has 7 heteroatoms. The van der Waals surface area contributed by atoms with Gasteiger partial charge in [0.25, 0.3) is 0 Å². The summed E-state index contributed by atoms with van der Waals surface area (Å²) in [6.07, 6.45) is 3.05. The number of hydrogen-bond acceptors (Lipinski definition) is 3. The fraction of sp³-hybridized carbons (Fsp3) is 0.312. The van der Waals surface area contributed by atoms with Crippen LogP contribution in [0.15, 0.2) is 30.6 Å². The number of nitrogens with zero attached hydrogens (tertiary/aromatic N) is 1. The summed E-state index contributed by atoms with van der Waals surface area (Å²) in [6, 6.07) is 4.26. The first-order chi connectivity index (χ1) is 11.1. The number of halogens is 4. The van der Waals surface area contributed by atoms with Crippen LogP contribution in [0.2, 0.25) is 10.0 Å². The summed E-state index contributed by atoms with van der Waals surface area (Å²) < 4.78 is 33.3. The van der Waals surface area contributed by atoms with Crippen LogP contribution >= 0.6 is 23.2 Å². The van der Waals surface area contributed by atoms with Crippen LogP contribution < -0.4 is 10.1 Å². The predicted octanol–water partition coefficient (Wildman–Crippen LogP) is 4.40. The lowest BCUT2D eigenvalue weighted by Crippen LogP contribution is -2.22. The number of nitrogens with one attached hydrogen (secondary N) is 1. The molecule has 1 saturated heterocycles. The molecule has 0 radical (unpaired) electrons. The lowest BCUT2D eigenvalue weighted by atomic mass is 9.96. The summed E-state index contributed by atoms with van der Waals surface area (Å²) in [7, 11) is 0. The van der Waals surface area contributed by atoms with Crippen molar-refractivity contribution in [3.05, 3.63) is 57.8 Å². The van der Waals surface area contributed by atoms with Crippen molar-refractivity contribution in [3.63, 3.8) is 0 Å². The van der Waals surface area contributed by atoms with Crippen molar-refractivity contribution in [1.82, 2.24) is 10.3 Å². The van der Waals surface area contributed by atoms with Crippen LogP contribution in [0.3, 0.4) is 0 Å². The van der Waals surface area contributed by atoms with Gasteiger partial charge in [0.2, 0.25) is 0 Å². The minimum absolute atomic E-state index is 0.0751. The monoisotopic (exact) mass is 358 g/mol. The maximum absolute atomic E-state index is 13.9. The highest BCUT2D eigenvalue weighted by Gasteiger charge is 2.29. The van der Waals surface area contributed by atoms with E-state index in [4.69, 9.17) is 27.9 Å². The van der Waals surface area contributed by atoms with E-state index in [0.29, 0.717) is 5.56 Å². The molecule has 0 saturated carbocycles. The number of benzene rings is 1. The fourth-order valence-electron chi connectivity index (χ4n) is 2.69. The molecule has 122 valence electrons. The van der Waals surface area contributed by atoms with Gasteiger partial charge >= 0.3 is 0 Å². The zero-order chi connectivity index (χ0) is 16.4. The Kier molecular flexibility index (Phi) is 4.99. The minimum atomic E-state index is -0.730. The summed E-state index contributed by atoms with van der Waals surface area (Å²) in [5, 5.41) is 2.98. The van der Waals surface area contributed by atoms with Crippen molar-refractivity contribution in [2.24, 2.45) is 5.92 Å². The Hall–Kier alpha value is -1.43. The van der Waals surface area contributed by atoms with Gasteiger partial charge in [-0.05, 0) is 31.2 Å². The first-order valence-corrected chi connectivity index (χ1v) is 7.93. The molecular weight excluding hydrogens is 345 g/mol. The largest absolute Gasteiger partial charge is 0.484 e. The van der Waals surface area contributed by atoms with Crippen LogP contribution in [0.25, 0.3) is 0 Å². The summed E-state index contributed by atoms with van der Waals surface area (Å²) in [4.78, 5) is 3.87. The van der Waals surface area contributed by atoms with Crippen LogP contribution in [-0.4, -0.2) is 18.1 Å². The Morgan fingerprint density at radius 2 is 2.09 bits per heavy atom. The van der Waals surface area contributed by atoms with Gasteiger partial charge in [0.05, 0.1) is 11.2 Å². The zero-order valence-corrected chi connectivity index (χ0v) is 13.5. The predicted molar refractivity (Wildman–Crippen MR) is 85.0 cm³/mol. The molecule has 0 amide bonds. The maximum Gasteiger partial charge on any atom is 0.164 e. The summed E-state index contributed by atoms with van der Waals surface area (Å²) in [5.41, 5.74) is 0.588. The number of ether oxygens (including phenoxy) is 1. The lowest BCUT2D eigenvalue weighted by Gasteiger charge is -2.25. The quantitative estimate of drug-likeness (QED) is 0.822. The van der Waals surface area contributed by atoms with Gasteiger partial charge in [-0.2, -0.15) is 0 Å². The summed E-state index contributed by atoms with van der Waals surface area (Å²) >= 11 is 11.7. The first-order valence-electron chi connectivity index (χ1n) is 7.17. The highest BCUT2D eigenvalue weighted by atomic mass is 35.5. The van der Waals surface area contributed by atoms with E-state index in [2.05, 4.69) is 10.3 Å². The molecule has 1 aliphatic heterocycles. The topological polar surface area (TPSA) is 34.1 Å². The van der Waals surface area contributed by atoms with E-state index < -0.39 is 17.7 Å². The van der Waals surface area contributed by atoms with Gasteiger partial charge in [0, 0.05) is 24.2 Å². The molecule has 0 spiro atoms. The first kappa shape index (κ1) is 16.4. The molecule has 2 heterocycles. The van der Waals surface area contributed by atoms with Crippen LogP contribution in [-0.2, 0) is 0 Å². The van der Waals surface area contributed by atoms with Crippen molar-refractivity contribution in [3.8, 4) is 5.75 Å². The molecule has 0 aliphatic carbocycles. The van der Waals surface area contributed by atoms with Crippen molar-refractivity contribution < 1.29 is 13.5 Å². The third-order valence-electron chi connectivity index (χ3n) is 3.83. The van der Waals surface area contributed by atoms with E-state index >= 15 is 0 Å². The van der Waals surface area contributed by atoms with Gasteiger partial charge in [-0.3, -0.25) is 4.98 Å². The smallest absolute Gasteiger partial charge is 0.164 e. The molecule has 2 atom stereocenters. The standard InChI is InChI=1S/C16H14Cl2F2N2O/c17-12-1-2-13(14(18)15(12)20)23-16(9-3-4-21-6-9)10-5-11(19)8-22-7-10/h1-2,5,7-9,16,21H,3-4,6H2/t9-,16?/m0/s1. The molecule has 1 fully saturated rings. The highest BCUT2D eigenvalue weighted by molar-refractivity contribution is 6.35. The molecule has 1 aromatic carbocycles. The molecule has 2 aromatic rings. The molecule has 1 aromatic heterocycles. The summed E-state index contributed by atoms with van der Waals surface area (Å²) in [6.45, 7) is 1.56. The highest BCUT2D eigenvalue weighted by Crippen LogP contribution is 2.37. The van der Waals surface area contributed by atoms with E-state index in [-0.39, 0.29) is 21.7 Å². The zero-order valence-electron chi connectivity index (χ0n) is 12.0. The van der Waals surface area contributed by atoms with E-state index in [1.807, 2.05) is 0 Å². The van der Waals surface area contributed by atoms with E-state index in [1.54, 1.807) is 6.20 Å². The Balaban J connectivity index is 1.94. The average molecular weight is 359 g/mol. The second kappa shape index (κ2) is 6.99. The van der Waals surface area contributed by atoms with Gasteiger partial charge in [0.1, 0.15) is 22.7 Å². The van der Waals surface area contributed by atoms with Crippen molar-refractivity contribution in [2.45, 2.75) is 12.5 Å². The van der Waals surface area contributed by atoms with Crippen molar-refractivity contribution in [1.29, 1.82) is 0 Å². The SMILES string of the molecule is Fc1cncc(C(Oc2ccc(Cl)c(F)c2Cl)[C@H]2CCNC2)c1. The number of hydrogen-bond donors (Lipinski definition) is 1. The van der Waals surface area contributed by atoms with Crippen LogP contribution in [0.5, 0.6) is 5.75 Å². The van der Waals surface area contributed by atoms with Crippen molar-refractivity contribution >= 4 is 23.2 Å². The van der Waals surface area contributed by atoms with Crippen LogP contribution in [0.4, 0.5) is 8.78 Å². The third kappa shape index (κ3) is 3.57. The Labute approximate surface area is 142 Å². The fourth-order valence-corrected chi connectivity index (χ4v) is 3.11. The van der Waals surface area contributed by atoms with Gasteiger partial charge < -0.3 is 10.1 Å². The van der Waals surface area contributed by atoms with E-state index in [0.717, 1.165) is 25.7 Å². The maximum atomic E-state index is 13.9. The number of aromatic nitrogens is 1. The molecule has 1 aliphatic rings. The second-order valence-electron chi connectivity index (χ2n) is 5.40. The molecule has 23 heavy (non-hydrogen) atoms. The molecule has 0 bridgehead atoms. The molecule has 1 N–H and O–H groups in total. The third-order valence-corrected chi connectivity index (χ3v) is 4.48. The summed E-state index contributed by atoms with van der Waals surface area (Å²) in [5.74, 6) is -0.898. The Morgan fingerprint density at radius 3 is 2.78 bits per heavy atom. The average Bonchev–Trinajstić information content (AvgIpc) is 3.06. The number of rotatable bonds is 4. The van der Waals surface area contributed by atoms with Gasteiger partial charge in [-0.15, -0.1) is 0 Å². The molecular formula is C16H14Cl2F2N2O. The van der Waals surface area contributed by atoms with E-state index in [9.17, 15) is 8.78 Å². The van der Waals surface area contributed by atoms with Gasteiger partial charge in [0.15, 0.2) is 5.82 Å². The van der Waals surface area contributed by atoms with E-state index in [1.165, 1.54) is 18.2 Å². The molecule has 1 unspecified atom stereocenters. The molecule has 3 rings (SSSR count). The number of pyridine rings is 1. The second-order valence-corrected chi connectivity index (χ2v) is 6.19. The van der Waals surface area contributed by atoms with Gasteiger partial charge in [-0.1, -0.05) is 23.2 Å². The lowest BCUT2D eigenvalue weighted by molar-refractivity contribution is 0.143. The normalized spacial score (nSPS) is 18.9. The molecule has 3 nitrogen and oxygen atoms in total. The minimum Gasteiger partial charge on any atom is -0.484 e. The Bertz CT molecular complexity index is 708. The Morgan fingerprint density at radius 1 is 1.26 bits per heavy atom. The van der Waals surface area contributed by atoms with Crippen LogP contribution in [0, 0.1) is 17.6 Å². The van der Waals surface area contributed by atoms with Crippen LogP contribution in [0.1, 0.15) is 18.1 Å². The van der Waals surface area contributed by atoms with Crippen molar-refractivity contribution in [2.75, 3.05) is 13.1 Å². The van der Waals surface area contributed by atoms with Gasteiger partial charge in [-0.25, -0.2) is 8.78 Å².